The van der Waals surface area contributed by atoms with E-state index in [0.717, 1.165) is 39.1 Å². The second-order valence-corrected chi connectivity index (χ2v) is 6.34. The van der Waals surface area contributed by atoms with E-state index in [-0.39, 0.29) is 5.75 Å². The van der Waals surface area contributed by atoms with Gasteiger partial charge in [0.15, 0.2) is 0 Å². The number of piperazine rings is 1. The van der Waals surface area contributed by atoms with Crippen molar-refractivity contribution < 1.29 is 22.6 Å². The summed E-state index contributed by atoms with van der Waals surface area (Å²) in [5.41, 5.74) is 0. The molecule has 1 aliphatic rings. The van der Waals surface area contributed by atoms with Crippen LogP contribution in [0.4, 0.5) is 13.2 Å². The summed E-state index contributed by atoms with van der Waals surface area (Å²) in [7, 11) is 2.12. The predicted molar refractivity (Wildman–Crippen MR) is 84.9 cm³/mol. The highest BCUT2D eigenvalue weighted by Crippen LogP contribution is 2.32. The number of nitrogens with zero attached hydrogens (tertiary/aromatic N) is 2. The lowest BCUT2D eigenvalue weighted by Gasteiger charge is -2.32. The minimum atomic E-state index is -4.69. The molecule has 0 aromatic heterocycles. The van der Waals surface area contributed by atoms with Gasteiger partial charge in [0, 0.05) is 32.7 Å². The number of hydrogen-bond acceptors (Lipinski definition) is 4. The first-order valence-electron chi connectivity index (χ1n) is 7.42. The Morgan fingerprint density at radius 1 is 1.17 bits per heavy atom. The van der Waals surface area contributed by atoms with Gasteiger partial charge in [0.2, 0.25) is 0 Å². The fourth-order valence-electron chi connectivity index (χ4n) is 2.34. The highest BCUT2D eigenvalue weighted by Gasteiger charge is 2.31. The van der Waals surface area contributed by atoms with Crippen LogP contribution in [-0.4, -0.2) is 62.5 Å². The summed E-state index contributed by atoms with van der Waals surface area (Å²) < 4.78 is 46.4. The van der Waals surface area contributed by atoms with Crippen LogP contribution >= 0.6 is 15.9 Å². The zero-order chi connectivity index (χ0) is 16.9. The van der Waals surface area contributed by atoms with Gasteiger partial charge in [-0.2, -0.15) is 0 Å². The smallest absolute Gasteiger partial charge is 0.492 e. The van der Waals surface area contributed by atoms with E-state index in [1.807, 2.05) is 0 Å². The molecule has 1 fully saturated rings. The van der Waals surface area contributed by atoms with Crippen molar-refractivity contribution in [2.75, 3.05) is 46.4 Å². The van der Waals surface area contributed by atoms with E-state index >= 15 is 0 Å². The molecule has 0 amide bonds. The molecule has 1 aliphatic heterocycles. The van der Waals surface area contributed by atoms with Crippen molar-refractivity contribution in [3.05, 3.63) is 22.7 Å². The molecular weight excluding hydrogens is 377 g/mol. The largest absolute Gasteiger partial charge is 0.573 e. The molecule has 0 radical (unpaired) electrons. The van der Waals surface area contributed by atoms with E-state index < -0.39 is 6.36 Å². The molecule has 23 heavy (non-hydrogen) atoms. The number of rotatable bonds is 6. The molecule has 0 aliphatic carbocycles. The number of hydrogen-bond donors (Lipinski definition) is 0. The van der Waals surface area contributed by atoms with Gasteiger partial charge < -0.3 is 19.3 Å². The lowest BCUT2D eigenvalue weighted by atomic mass is 10.3. The second-order valence-electron chi connectivity index (χ2n) is 5.49. The zero-order valence-corrected chi connectivity index (χ0v) is 14.5. The molecule has 0 unspecified atom stereocenters. The summed E-state index contributed by atoms with van der Waals surface area (Å²) in [6, 6.07) is 3.97. The molecular formula is C15H20BrF3N2O2. The minimum absolute atomic E-state index is 0.269. The van der Waals surface area contributed by atoms with Gasteiger partial charge >= 0.3 is 6.36 Å². The SMILES string of the molecule is CN1CCN(CCCOc2ccc(OC(F)(F)F)cc2Br)CC1. The van der Waals surface area contributed by atoms with Gasteiger partial charge in [-0.15, -0.1) is 13.2 Å². The average Bonchev–Trinajstić information content (AvgIpc) is 2.45. The number of ether oxygens (including phenoxy) is 2. The highest BCUT2D eigenvalue weighted by atomic mass is 79.9. The Kier molecular flexibility index (Phi) is 6.55. The molecule has 0 atom stereocenters. The van der Waals surface area contributed by atoms with Gasteiger partial charge in [0.05, 0.1) is 11.1 Å². The van der Waals surface area contributed by atoms with Gasteiger partial charge in [-0.05, 0) is 47.6 Å². The molecule has 0 saturated carbocycles. The Morgan fingerprint density at radius 3 is 2.48 bits per heavy atom. The molecule has 4 nitrogen and oxygen atoms in total. The first kappa shape index (κ1) is 18.4. The van der Waals surface area contributed by atoms with Gasteiger partial charge in [-0.25, -0.2) is 0 Å². The summed E-state index contributed by atoms with van der Waals surface area (Å²) in [5.74, 6) is 0.243. The van der Waals surface area contributed by atoms with Crippen molar-refractivity contribution >= 4 is 15.9 Å². The van der Waals surface area contributed by atoms with E-state index in [1.54, 1.807) is 0 Å². The van der Waals surface area contributed by atoms with E-state index in [1.165, 1.54) is 18.2 Å². The monoisotopic (exact) mass is 396 g/mol. The number of halogens is 4. The van der Waals surface area contributed by atoms with E-state index in [0.29, 0.717) is 16.8 Å². The number of likely N-dealkylation sites (N-methyl/N-ethyl adjacent to an activating group) is 1. The van der Waals surface area contributed by atoms with Gasteiger partial charge in [0.25, 0.3) is 0 Å². The molecule has 1 saturated heterocycles. The first-order chi connectivity index (χ1) is 10.8. The maximum absolute atomic E-state index is 12.1. The van der Waals surface area contributed by atoms with Crippen molar-refractivity contribution in [1.82, 2.24) is 9.80 Å². The fraction of sp³-hybridized carbons (Fsp3) is 0.600. The number of benzene rings is 1. The lowest BCUT2D eigenvalue weighted by Crippen LogP contribution is -2.44. The zero-order valence-electron chi connectivity index (χ0n) is 12.9. The number of alkyl halides is 3. The molecule has 130 valence electrons. The fourth-order valence-corrected chi connectivity index (χ4v) is 2.81. The van der Waals surface area contributed by atoms with Crippen LogP contribution in [0.2, 0.25) is 0 Å². The third-order valence-corrected chi connectivity index (χ3v) is 4.23. The van der Waals surface area contributed by atoms with Crippen LogP contribution in [-0.2, 0) is 0 Å². The van der Waals surface area contributed by atoms with Gasteiger partial charge in [0.1, 0.15) is 11.5 Å². The van der Waals surface area contributed by atoms with Crippen molar-refractivity contribution in [3.63, 3.8) is 0 Å². The van der Waals surface area contributed by atoms with Crippen LogP contribution in [0.15, 0.2) is 22.7 Å². The summed E-state index contributed by atoms with van der Waals surface area (Å²) in [6.07, 6.45) is -3.82. The lowest BCUT2D eigenvalue weighted by molar-refractivity contribution is -0.274. The second kappa shape index (κ2) is 8.21. The third-order valence-electron chi connectivity index (χ3n) is 3.61. The molecule has 8 heteroatoms. The van der Waals surface area contributed by atoms with Crippen molar-refractivity contribution in [2.24, 2.45) is 0 Å². The van der Waals surface area contributed by atoms with Crippen LogP contribution in [0.3, 0.4) is 0 Å². The average molecular weight is 397 g/mol. The van der Waals surface area contributed by atoms with Crippen molar-refractivity contribution in [3.8, 4) is 11.5 Å². The topological polar surface area (TPSA) is 24.9 Å². The molecule has 2 rings (SSSR count). The third kappa shape index (κ3) is 6.56. The molecule has 1 aromatic rings. The Hall–Kier alpha value is -0.990. The summed E-state index contributed by atoms with van der Waals surface area (Å²) in [6.45, 7) is 5.75. The predicted octanol–water partition coefficient (Wildman–Crippen LogP) is 3.36. The van der Waals surface area contributed by atoms with Crippen LogP contribution in [0.5, 0.6) is 11.5 Å². The minimum Gasteiger partial charge on any atom is -0.492 e. The standard InChI is InChI=1S/C15H20BrF3N2O2/c1-20-6-8-21(9-7-20)5-2-10-22-14-4-3-12(11-13(14)16)23-15(17,18)19/h3-4,11H,2,5-10H2,1H3. The first-order valence-corrected chi connectivity index (χ1v) is 8.22. The quantitative estimate of drug-likeness (QED) is 0.688. The van der Waals surface area contributed by atoms with Gasteiger partial charge in [-0.3, -0.25) is 0 Å². The Bertz CT molecular complexity index is 506. The molecule has 0 bridgehead atoms. The maximum Gasteiger partial charge on any atom is 0.573 e. The maximum atomic E-state index is 12.1. The summed E-state index contributed by atoms with van der Waals surface area (Å²) >= 11 is 3.20. The Labute approximate surface area is 142 Å². The van der Waals surface area contributed by atoms with Crippen LogP contribution in [0.25, 0.3) is 0 Å². The normalized spacial score (nSPS) is 17.3. The van der Waals surface area contributed by atoms with Gasteiger partial charge in [-0.1, -0.05) is 0 Å². The molecule has 1 heterocycles. The molecule has 0 spiro atoms. The van der Waals surface area contributed by atoms with Crippen LogP contribution < -0.4 is 9.47 Å². The van der Waals surface area contributed by atoms with Crippen LogP contribution in [0, 0.1) is 0 Å². The van der Waals surface area contributed by atoms with Crippen LogP contribution in [0.1, 0.15) is 6.42 Å². The summed E-state index contributed by atoms with van der Waals surface area (Å²) in [5, 5.41) is 0. The summed E-state index contributed by atoms with van der Waals surface area (Å²) in [4.78, 5) is 4.69. The Balaban J connectivity index is 1.73. The molecule has 0 N–H and O–H groups in total. The van der Waals surface area contributed by atoms with Crippen molar-refractivity contribution in [2.45, 2.75) is 12.8 Å². The van der Waals surface area contributed by atoms with E-state index in [9.17, 15) is 13.2 Å². The van der Waals surface area contributed by atoms with E-state index in [2.05, 4.69) is 37.5 Å². The molecule has 1 aromatic carbocycles. The van der Waals surface area contributed by atoms with Crippen molar-refractivity contribution in [1.29, 1.82) is 0 Å². The Morgan fingerprint density at radius 2 is 1.87 bits per heavy atom. The highest BCUT2D eigenvalue weighted by molar-refractivity contribution is 9.10. The van der Waals surface area contributed by atoms with E-state index in [4.69, 9.17) is 4.74 Å².